The van der Waals surface area contributed by atoms with Gasteiger partial charge < -0.3 is 5.11 Å². The Morgan fingerprint density at radius 2 is 2.12 bits per heavy atom. The largest absolute Gasteiger partial charge is 0.480 e. The summed E-state index contributed by atoms with van der Waals surface area (Å²) in [5.41, 5.74) is -0.687. The third-order valence-electron chi connectivity index (χ3n) is 3.70. The van der Waals surface area contributed by atoms with Crippen LogP contribution in [-0.2, 0) is 4.79 Å². The molecule has 0 aromatic rings. The van der Waals surface area contributed by atoms with Crippen LogP contribution < -0.4 is 0 Å². The first-order valence-electron chi connectivity index (χ1n) is 6.38. The Morgan fingerprint density at radius 3 is 2.56 bits per heavy atom. The second-order valence-corrected chi connectivity index (χ2v) is 5.72. The van der Waals surface area contributed by atoms with E-state index in [1.165, 1.54) is 6.42 Å². The van der Waals surface area contributed by atoms with Gasteiger partial charge in [0.25, 0.3) is 0 Å². The van der Waals surface area contributed by atoms with Crippen LogP contribution in [0.15, 0.2) is 0 Å². The number of likely N-dealkylation sites (tertiary alicyclic amines) is 1. The number of aliphatic carboxylic acids is 1. The molecule has 0 amide bonds. The molecule has 0 radical (unpaired) electrons. The summed E-state index contributed by atoms with van der Waals surface area (Å²) in [5.74, 6) is -0.259. The highest BCUT2D eigenvalue weighted by atomic mass is 16.4. The molecule has 3 heteroatoms. The summed E-state index contributed by atoms with van der Waals surface area (Å²) >= 11 is 0. The van der Waals surface area contributed by atoms with Crippen LogP contribution in [0.5, 0.6) is 0 Å². The van der Waals surface area contributed by atoms with E-state index in [-0.39, 0.29) is 0 Å². The fourth-order valence-corrected chi connectivity index (χ4v) is 2.95. The highest BCUT2D eigenvalue weighted by Crippen LogP contribution is 2.31. The van der Waals surface area contributed by atoms with E-state index in [4.69, 9.17) is 0 Å². The summed E-state index contributed by atoms with van der Waals surface area (Å²) in [5, 5.41) is 9.51. The maximum Gasteiger partial charge on any atom is 0.323 e. The Labute approximate surface area is 98.8 Å². The zero-order valence-electron chi connectivity index (χ0n) is 11.0. The molecular formula is C13H25NO2. The van der Waals surface area contributed by atoms with Crippen LogP contribution in [-0.4, -0.2) is 34.1 Å². The van der Waals surface area contributed by atoms with Crippen molar-refractivity contribution in [3.8, 4) is 0 Å². The minimum Gasteiger partial charge on any atom is -0.480 e. The molecule has 0 aromatic carbocycles. The van der Waals surface area contributed by atoms with E-state index in [0.717, 1.165) is 25.8 Å². The fourth-order valence-electron chi connectivity index (χ4n) is 2.95. The first-order valence-corrected chi connectivity index (χ1v) is 6.38. The van der Waals surface area contributed by atoms with Gasteiger partial charge in [0, 0.05) is 6.04 Å². The van der Waals surface area contributed by atoms with Crippen molar-refractivity contribution in [1.82, 2.24) is 4.90 Å². The average molecular weight is 227 g/mol. The number of carboxylic acids is 1. The minimum atomic E-state index is -0.687. The van der Waals surface area contributed by atoms with E-state index in [0.29, 0.717) is 12.0 Å². The summed E-state index contributed by atoms with van der Waals surface area (Å²) < 4.78 is 0. The van der Waals surface area contributed by atoms with Gasteiger partial charge in [0.05, 0.1) is 0 Å². The lowest BCUT2D eigenvalue weighted by Gasteiger charge is -2.45. The van der Waals surface area contributed by atoms with Gasteiger partial charge in [-0.25, -0.2) is 0 Å². The molecule has 94 valence electrons. The van der Waals surface area contributed by atoms with Crippen LogP contribution in [0, 0.1) is 5.92 Å². The van der Waals surface area contributed by atoms with Crippen molar-refractivity contribution >= 4 is 5.97 Å². The molecule has 1 aliphatic heterocycles. The van der Waals surface area contributed by atoms with Crippen LogP contribution in [0.1, 0.15) is 53.4 Å². The zero-order chi connectivity index (χ0) is 12.3. The maximum absolute atomic E-state index is 11.6. The van der Waals surface area contributed by atoms with E-state index < -0.39 is 11.5 Å². The molecular weight excluding hydrogens is 202 g/mol. The molecule has 2 atom stereocenters. The van der Waals surface area contributed by atoms with Crippen molar-refractivity contribution in [2.24, 2.45) is 5.92 Å². The smallest absolute Gasteiger partial charge is 0.323 e. The number of carboxylic acid groups (broad SMARTS) is 1. The summed E-state index contributed by atoms with van der Waals surface area (Å²) in [4.78, 5) is 13.8. The Balaban J connectivity index is 2.86. The average Bonchev–Trinajstić information content (AvgIpc) is 2.16. The van der Waals surface area contributed by atoms with Gasteiger partial charge in [0.1, 0.15) is 5.54 Å². The number of hydrogen-bond acceptors (Lipinski definition) is 2. The molecule has 16 heavy (non-hydrogen) atoms. The monoisotopic (exact) mass is 227 g/mol. The fraction of sp³-hybridized carbons (Fsp3) is 0.923. The molecule has 1 N–H and O–H groups in total. The standard InChI is InChI=1S/C13H25NO2/c1-10(2)9-13(4,12(15)16)14-8-6-5-7-11(14)3/h10-11H,5-9H2,1-4H3,(H,15,16). The Bertz CT molecular complexity index is 252. The predicted molar refractivity (Wildman–Crippen MR) is 65.5 cm³/mol. The van der Waals surface area contributed by atoms with Gasteiger partial charge in [-0.05, 0) is 45.6 Å². The lowest BCUT2D eigenvalue weighted by molar-refractivity contribution is -0.154. The van der Waals surface area contributed by atoms with Gasteiger partial charge >= 0.3 is 5.97 Å². The van der Waals surface area contributed by atoms with Gasteiger partial charge in [-0.2, -0.15) is 0 Å². The second kappa shape index (κ2) is 5.17. The molecule has 1 heterocycles. The molecule has 0 aliphatic carbocycles. The van der Waals surface area contributed by atoms with E-state index in [9.17, 15) is 9.90 Å². The number of piperidine rings is 1. The minimum absolute atomic E-state index is 0.397. The molecule has 0 saturated carbocycles. The van der Waals surface area contributed by atoms with Gasteiger partial charge in [-0.3, -0.25) is 9.69 Å². The van der Waals surface area contributed by atoms with Gasteiger partial charge in [0.15, 0.2) is 0 Å². The second-order valence-electron chi connectivity index (χ2n) is 5.72. The van der Waals surface area contributed by atoms with Crippen LogP contribution in [0.4, 0.5) is 0 Å². The number of nitrogens with zero attached hydrogens (tertiary/aromatic N) is 1. The van der Waals surface area contributed by atoms with Crippen molar-refractivity contribution in [1.29, 1.82) is 0 Å². The maximum atomic E-state index is 11.6. The zero-order valence-corrected chi connectivity index (χ0v) is 11.0. The van der Waals surface area contributed by atoms with Gasteiger partial charge in [-0.1, -0.05) is 20.3 Å². The third-order valence-corrected chi connectivity index (χ3v) is 3.70. The summed E-state index contributed by atoms with van der Waals surface area (Å²) in [6, 6.07) is 0.397. The van der Waals surface area contributed by atoms with Crippen molar-refractivity contribution in [3.63, 3.8) is 0 Å². The Hall–Kier alpha value is -0.570. The highest BCUT2D eigenvalue weighted by molar-refractivity contribution is 5.78. The van der Waals surface area contributed by atoms with Crippen molar-refractivity contribution in [3.05, 3.63) is 0 Å². The number of rotatable bonds is 4. The predicted octanol–water partition coefficient (Wildman–Crippen LogP) is 2.75. The third kappa shape index (κ3) is 2.76. The highest BCUT2D eigenvalue weighted by Gasteiger charge is 2.42. The summed E-state index contributed by atoms with van der Waals surface area (Å²) in [6.45, 7) is 9.15. The SMILES string of the molecule is CC(C)CC(C)(C(=O)O)N1CCCCC1C. The molecule has 1 fully saturated rings. The molecule has 0 bridgehead atoms. The lowest BCUT2D eigenvalue weighted by atomic mass is 9.85. The van der Waals surface area contributed by atoms with Crippen LogP contribution in [0.25, 0.3) is 0 Å². The van der Waals surface area contributed by atoms with E-state index in [2.05, 4.69) is 25.7 Å². The van der Waals surface area contributed by atoms with Crippen LogP contribution in [0.3, 0.4) is 0 Å². The Morgan fingerprint density at radius 1 is 1.50 bits per heavy atom. The van der Waals surface area contributed by atoms with E-state index >= 15 is 0 Å². The van der Waals surface area contributed by atoms with Gasteiger partial charge in [0.2, 0.25) is 0 Å². The normalized spacial score (nSPS) is 26.7. The molecule has 0 aromatic heterocycles. The molecule has 0 spiro atoms. The van der Waals surface area contributed by atoms with Crippen molar-refractivity contribution in [2.45, 2.75) is 65.0 Å². The van der Waals surface area contributed by atoms with Crippen molar-refractivity contribution < 1.29 is 9.90 Å². The van der Waals surface area contributed by atoms with Crippen LogP contribution >= 0.6 is 0 Å². The quantitative estimate of drug-likeness (QED) is 0.803. The van der Waals surface area contributed by atoms with E-state index in [1.54, 1.807) is 0 Å². The van der Waals surface area contributed by atoms with Crippen molar-refractivity contribution in [2.75, 3.05) is 6.54 Å². The lowest BCUT2D eigenvalue weighted by Crippen LogP contribution is -2.58. The number of hydrogen-bond donors (Lipinski definition) is 1. The summed E-state index contributed by atoms with van der Waals surface area (Å²) in [6.07, 6.45) is 4.22. The Kier molecular flexibility index (Phi) is 4.36. The molecule has 3 nitrogen and oxygen atoms in total. The molecule has 1 saturated heterocycles. The molecule has 1 rings (SSSR count). The van der Waals surface area contributed by atoms with Gasteiger partial charge in [-0.15, -0.1) is 0 Å². The first kappa shape index (κ1) is 13.5. The van der Waals surface area contributed by atoms with Crippen LogP contribution in [0.2, 0.25) is 0 Å². The molecule has 1 aliphatic rings. The summed E-state index contributed by atoms with van der Waals surface area (Å²) in [7, 11) is 0. The number of carbonyl (C=O) groups is 1. The van der Waals surface area contributed by atoms with E-state index in [1.807, 2.05) is 6.92 Å². The topological polar surface area (TPSA) is 40.5 Å². The molecule has 2 unspecified atom stereocenters. The first-order chi connectivity index (χ1) is 7.38.